The molecule has 1 aliphatic heterocycles. The number of guanidine groups is 1. The van der Waals surface area contributed by atoms with Gasteiger partial charge in [0.1, 0.15) is 0 Å². The van der Waals surface area contributed by atoms with E-state index in [4.69, 9.17) is 4.74 Å². The molecule has 2 unspecified atom stereocenters. The molecule has 2 atom stereocenters. The van der Waals surface area contributed by atoms with Crippen molar-refractivity contribution in [3.8, 4) is 0 Å². The molecule has 1 saturated carbocycles. The molecule has 0 bridgehead atoms. The van der Waals surface area contributed by atoms with Gasteiger partial charge in [0.2, 0.25) is 10.0 Å². The normalized spacial score (nSPS) is 26.2. The molecule has 0 spiro atoms. The number of nitrogens with zero attached hydrogens (tertiary/aromatic N) is 2. The molecule has 26 heavy (non-hydrogen) atoms. The van der Waals surface area contributed by atoms with Gasteiger partial charge >= 0.3 is 0 Å². The summed E-state index contributed by atoms with van der Waals surface area (Å²) in [5.74, 6) is 0.765. The van der Waals surface area contributed by atoms with Crippen LogP contribution < -0.4 is 10.6 Å². The van der Waals surface area contributed by atoms with Crippen molar-refractivity contribution in [3.63, 3.8) is 0 Å². The Hall–Kier alpha value is -0.130. The molecule has 9 heteroatoms. The second kappa shape index (κ2) is 11.7. The molecule has 0 radical (unpaired) electrons. The number of hydrogen-bond acceptors (Lipinski definition) is 4. The van der Waals surface area contributed by atoms with Gasteiger partial charge in [-0.25, -0.2) is 8.42 Å². The fourth-order valence-electron chi connectivity index (χ4n) is 3.52. The van der Waals surface area contributed by atoms with Crippen LogP contribution in [0.15, 0.2) is 4.99 Å². The molecule has 2 fully saturated rings. The van der Waals surface area contributed by atoms with Crippen molar-refractivity contribution in [2.75, 3.05) is 31.9 Å². The van der Waals surface area contributed by atoms with Gasteiger partial charge in [-0.2, -0.15) is 4.31 Å². The van der Waals surface area contributed by atoms with Crippen LogP contribution in [0.5, 0.6) is 0 Å². The minimum atomic E-state index is -3.30. The van der Waals surface area contributed by atoms with Gasteiger partial charge in [-0.15, -0.1) is 24.0 Å². The third kappa shape index (κ3) is 7.85. The summed E-state index contributed by atoms with van der Waals surface area (Å²) >= 11 is 0. The molecule has 0 aromatic heterocycles. The predicted molar refractivity (Wildman–Crippen MR) is 117 cm³/mol. The molecule has 2 rings (SSSR count). The van der Waals surface area contributed by atoms with Crippen LogP contribution in [0.4, 0.5) is 0 Å². The largest absolute Gasteiger partial charge is 0.373 e. The first-order chi connectivity index (χ1) is 11.9. The van der Waals surface area contributed by atoms with E-state index in [2.05, 4.69) is 15.6 Å². The van der Waals surface area contributed by atoms with Crippen LogP contribution in [0.25, 0.3) is 0 Å². The van der Waals surface area contributed by atoms with E-state index in [9.17, 15) is 8.42 Å². The topological polar surface area (TPSA) is 83.0 Å². The van der Waals surface area contributed by atoms with E-state index in [1.54, 1.807) is 4.31 Å². The van der Waals surface area contributed by atoms with Gasteiger partial charge in [0.05, 0.1) is 24.5 Å². The Morgan fingerprint density at radius 2 is 1.77 bits per heavy atom. The van der Waals surface area contributed by atoms with Gasteiger partial charge < -0.3 is 15.4 Å². The van der Waals surface area contributed by atoms with E-state index < -0.39 is 10.0 Å². The zero-order valence-electron chi connectivity index (χ0n) is 16.2. The fourth-order valence-corrected chi connectivity index (χ4v) is 4.97. The summed E-state index contributed by atoms with van der Waals surface area (Å²) in [4.78, 5) is 4.48. The van der Waals surface area contributed by atoms with Crippen LogP contribution in [0, 0.1) is 0 Å². The van der Waals surface area contributed by atoms with Crippen LogP contribution in [0.1, 0.15) is 52.9 Å². The second-order valence-corrected chi connectivity index (χ2v) is 9.22. The summed E-state index contributed by atoms with van der Waals surface area (Å²) in [6.45, 7) is 7.73. The van der Waals surface area contributed by atoms with Crippen molar-refractivity contribution in [3.05, 3.63) is 0 Å². The third-order valence-electron chi connectivity index (χ3n) is 4.69. The highest BCUT2D eigenvalue weighted by molar-refractivity contribution is 14.0. The number of aliphatic imine (C=N–C) groups is 1. The first-order valence-corrected chi connectivity index (χ1v) is 11.2. The van der Waals surface area contributed by atoms with Crippen molar-refractivity contribution in [2.45, 2.75) is 71.1 Å². The highest BCUT2D eigenvalue weighted by Gasteiger charge is 2.30. The molecular formula is C17H35IN4O3S. The standard InChI is InChI=1S/C17H34N4O3S.HI/c1-4-18-17(20-16-8-6-5-7-9-16)19-10-11-25(22,23)21-12-14(2)24-15(3)13-21;/h14-16H,4-13H2,1-3H3,(H2,18,19,20);1H. The van der Waals surface area contributed by atoms with Gasteiger partial charge in [0.15, 0.2) is 5.96 Å². The molecule has 2 aliphatic rings. The molecule has 1 aliphatic carbocycles. The Morgan fingerprint density at radius 1 is 1.15 bits per heavy atom. The smallest absolute Gasteiger partial charge is 0.216 e. The molecule has 154 valence electrons. The number of nitrogens with one attached hydrogen (secondary N) is 2. The first kappa shape index (κ1) is 23.9. The minimum absolute atomic E-state index is 0. The fraction of sp³-hybridized carbons (Fsp3) is 0.941. The quantitative estimate of drug-likeness (QED) is 0.330. The summed E-state index contributed by atoms with van der Waals surface area (Å²) in [7, 11) is -3.30. The number of morpholine rings is 1. The summed E-state index contributed by atoms with van der Waals surface area (Å²) in [6, 6.07) is 0.448. The lowest BCUT2D eigenvalue weighted by Crippen LogP contribution is -2.49. The molecule has 0 aromatic carbocycles. The van der Waals surface area contributed by atoms with E-state index in [0.29, 0.717) is 19.1 Å². The van der Waals surface area contributed by atoms with Crippen molar-refractivity contribution < 1.29 is 13.2 Å². The average molecular weight is 502 g/mol. The summed E-state index contributed by atoms with van der Waals surface area (Å²) < 4.78 is 32.3. The first-order valence-electron chi connectivity index (χ1n) is 9.59. The van der Waals surface area contributed by atoms with Crippen LogP contribution in [-0.4, -0.2) is 68.9 Å². The Balaban J connectivity index is 0.00000338. The Labute approximate surface area is 175 Å². The Morgan fingerprint density at radius 3 is 2.35 bits per heavy atom. The van der Waals surface area contributed by atoms with E-state index in [0.717, 1.165) is 25.3 Å². The predicted octanol–water partition coefficient (Wildman–Crippen LogP) is 1.93. The summed E-state index contributed by atoms with van der Waals surface area (Å²) in [5, 5.41) is 6.67. The summed E-state index contributed by atoms with van der Waals surface area (Å²) in [5.41, 5.74) is 0. The van der Waals surface area contributed by atoms with Gasteiger partial charge in [-0.05, 0) is 33.6 Å². The van der Waals surface area contributed by atoms with Gasteiger partial charge in [0, 0.05) is 25.7 Å². The van der Waals surface area contributed by atoms with Crippen molar-refractivity contribution in [1.82, 2.24) is 14.9 Å². The van der Waals surface area contributed by atoms with Gasteiger partial charge in [0.25, 0.3) is 0 Å². The Kier molecular flexibility index (Phi) is 10.7. The number of halogens is 1. The molecular weight excluding hydrogens is 467 g/mol. The number of ether oxygens (including phenoxy) is 1. The zero-order chi connectivity index (χ0) is 18.3. The van der Waals surface area contributed by atoms with Gasteiger partial charge in [-0.3, -0.25) is 4.99 Å². The number of sulfonamides is 1. The van der Waals surface area contributed by atoms with Gasteiger partial charge in [-0.1, -0.05) is 19.3 Å². The molecule has 2 N–H and O–H groups in total. The monoisotopic (exact) mass is 502 g/mol. The lowest BCUT2D eigenvalue weighted by molar-refractivity contribution is -0.0440. The highest BCUT2D eigenvalue weighted by Crippen LogP contribution is 2.17. The Bertz CT molecular complexity index is 528. The van der Waals surface area contributed by atoms with E-state index in [1.807, 2.05) is 20.8 Å². The van der Waals surface area contributed by atoms with Crippen molar-refractivity contribution in [2.24, 2.45) is 4.99 Å². The molecule has 1 heterocycles. The molecule has 7 nitrogen and oxygen atoms in total. The third-order valence-corrected chi connectivity index (χ3v) is 6.47. The van der Waals surface area contributed by atoms with Crippen molar-refractivity contribution in [1.29, 1.82) is 0 Å². The average Bonchev–Trinajstić information content (AvgIpc) is 2.55. The SMILES string of the molecule is CCNC(=NCCS(=O)(=O)N1CC(C)OC(C)C1)NC1CCCCC1.I. The van der Waals surface area contributed by atoms with Crippen LogP contribution >= 0.6 is 24.0 Å². The van der Waals surface area contributed by atoms with E-state index >= 15 is 0 Å². The lowest BCUT2D eigenvalue weighted by Gasteiger charge is -2.34. The number of hydrogen-bond donors (Lipinski definition) is 2. The van der Waals surface area contributed by atoms with Crippen LogP contribution in [-0.2, 0) is 14.8 Å². The number of rotatable bonds is 6. The minimum Gasteiger partial charge on any atom is -0.373 e. The zero-order valence-corrected chi connectivity index (χ0v) is 19.4. The summed E-state index contributed by atoms with van der Waals surface area (Å²) in [6.07, 6.45) is 6.00. The molecule has 1 saturated heterocycles. The molecule has 0 amide bonds. The van der Waals surface area contributed by atoms with E-state index in [1.165, 1.54) is 19.3 Å². The van der Waals surface area contributed by atoms with Crippen molar-refractivity contribution >= 4 is 40.0 Å². The van der Waals surface area contributed by atoms with Crippen LogP contribution in [0.2, 0.25) is 0 Å². The lowest BCUT2D eigenvalue weighted by atomic mass is 9.96. The molecule has 0 aromatic rings. The van der Waals surface area contributed by atoms with E-state index in [-0.39, 0.29) is 48.5 Å². The second-order valence-electron chi connectivity index (χ2n) is 7.13. The maximum Gasteiger partial charge on any atom is 0.216 e. The highest BCUT2D eigenvalue weighted by atomic mass is 127. The maximum atomic E-state index is 12.6. The van der Waals surface area contributed by atoms with Crippen LogP contribution in [0.3, 0.4) is 0 Å². The maximum absolute atomic E-state index is 12.6.